The van der Waals surface area contributed by atoms with E-state index in [1.807, 2.05) is 38.1 Å². The lowest BCUT2D eigenvalue weighted by atomic mass is 9.95. The van der Waals surface area contributed by atoms with Crippen LogP contribution in [0.3, 0.4) is 0 Å². The summed E-state index contributed by atoms with van der Waals surface area (Å²) in [6.07, 6.45) is 3.69. The van der Waals surface area contributed by atoms with Crippen LogP contribution in [0.2, 0.25) is 0 Å². The van der Waals surface area contributed by atoms with Gasteiger partial charge in [-0.2, -0.15) is 5.26 Å². The van der Waals surface area contributed by atoms with E-state index >= 15 is 0 Å². The molecule has 0 radical (unpaired) electrons. The van der Waals surface area contributed by atoms with Crippen molar-refractivity contribution in [1.29, 1.82) is 5.26 Å². The summed E-state index contributed by atoms with van der Waals surface area (Å²) in [6, 6.07) is 11.8. The van der Waals surface area contributed by atoms with Gasteiger partial charge in [0.25, 0.3) is 0 Å². The Labute approximate surface area is 214 Å². The van der Waals surface area contributed by atoms with Gasteiger partial charge in [0.1, 0.15) is 23.4 Å². The van der Waals surface area contributed by atoms with Crippen LogP contribution in [0.4, 0.5) is 9.80 Å². The van der Waals surface area contributed by atoms with Crippen molar-refractivity contribution in [2.45, 2.75) is 45.8 Å². The number of pyridine rings is 1. The van der Waals surface area contributed by atoms with Crippen LogP contribution in [-0.2, 0) is 29.1 Å². The highest BCUT2D eigenvalue weighted by Gasteiger charge is 2.28. The minimum Gasteiger partial charge on any atom is -0.496 e. The highest BCUT2D eigenvalue weighted by Crippen LogP contribution is 2.37. The number of thiophene rings is 1. The van der Waals surface area contributed by atoms with E-state index in [1.165, 1.54) is 11.3 Å². The van der Waals surface area contributed by atoms with Crippen LogP contribution in [-0.4, -0.2) is 35.5 Å². The minimum absolute atomic E-state index is 0.0648. The molecule has 1 aliphatic heterocycles. The van der Waals surface area contributed by atoms with Gasteiger partial charge in [-0.15, -0.1) is 11.3 Å². The standard InChI is InChI=1S/C27H28N4O4S/c1-17-6-7-23(34-3)21(11-17)18(2)12-25(32)30-26-22(13-28)20-8-10-31(15-24(20)36-26)27(33)35-16-19-5-4-9-29-14-19/h4-7,9,11,14,18H,8,10,12,15-16H2,1-3H3,(H,30,32). The minimum atomic E-state index is -0.414. The van der Waals surface area contributed by atoms with Gasteiger partial charge in [-0.05, 0) is 42.5 Å². The van der Waals surface area contributed by atoms with Gasteiger partial charge in [-0.1, -0.05) is 30.7 Å². The number of anilines is 1. The monoisotopic (exact) mass is 504 g/mol. The van der Waals surface area contributed by atoms with Crippen molar-refractivity contribution >= 4 is 28.3 Å². The first-order valence-electron chi connectivity index (χ1n) is 11.7. The van der Waals surface area contributed by atoms with E-state index in [9.17, 15) is 14.9 Å². The largest absolute Gasteiger partial charge is 0.496 e. The van der Waals surface area contributed by atoms with Gasteiger partial charge in [-0.25, -0.2) is 4.79 Å². The first kappa shape index (κ1) is 25.2. The maximum absolute atomic E-state index is 12.9. The fraction of sp³-hybridized carbons (Fsp3) is 0.333. The van der Waals surface area contributed by atoms with Crippen molar-refractivity contribution < 1.29 is 19.1 Å². The Morgan fingerprint density at radius 3 is 2.89 bits per heavy atom. The number of rotatable bonds is 7. The Hall–Kier alpha value is -3.90. The number of methoxy groups -OCH3 is 1. The molecule has 9 heteroatoms. The Kier molecular flexibility index (Phi) is 7.86. The number of carbonyl (C=O) groups excluding carboxylic acids is 2. The van der Waals surface area contributed by atoms with Crippen molar-refractivity contribution in [3.8, 4) is 11.8 Å². The number of nitrogens with one attached hydrogen (secondary N) is 1. The smallest absolute Gasteiger partial charge is 0.410 e. The van der Waals surface area contributed by atoms with Crippen LogP contribution in [0.1, 0.15) is 52.0 Å². The van der Waals surface area contributed by atoms with Gasteiger partial charge in [0.05, 0.1) is 19.2 Å². The lowest BCUT2D eigenvalue weighted by Crippen LogP contribution is -2.35. The molecular weight excluding hydrogens is 476 g/mol. The maximum atomic E-state index is 12.9. The number of nitriles is 1. The zero-order chi connectivity index (χ0) is 25.7. The molecule has 0 fully saturated rings. The number of aromatic nitrogens is 1. The molecule has 8 nitrogen and oxygen atoms in total. The second kappa shape index (κ2) is 11.2. The lowest BCUT2D eigenvalue weighted by molar-refractivity contribution is -0.116. The number of amides is 2. The third-order valence-electron chi connectivity index (χ3n) is 6.17. The number of benzene rings is 1. The van der Waals surface area contributed by atoms with E-state index in [1.54, 1.807) is 30.5 Å². The number of fused-ring (bicyclic) bond motifs is 1. The van der Waals surface area contributed by atoms with Gasteiger partial charge in [-0.3, -0.25) is 9.78 Å². The molecule has 0 saturated carbocycles. The van der Waals surface area contributed by atoms with Gasteiger partial charge in [0.15, 0.2) is 0 Å². The highest BCUT2D eigenvalue weighted by atomic mass is 32.1. The molecule has 1 aliphatic rings. The van der Waals surface area contributed by atoms with Crippen molar-refractivity contribution in [2.75, 3.05) is 19.0 Å². The van der Waals surface area contributed by atoms with Crippen LogP contribution in [0.15, 0.2) is 42.7 Å². The Balaban J connectivity index is 1.41. The molecule has 2 amide bonds. The number of nitrogens with zero attached hydrogens (tertiary/aromatic N) is 3. The molecule has 1 N–H and O–H groups in total. The van der Waals surface area contributed by atoms with Gasteiger partial charge in [0.2, 0.25) is 5.91 Å². The summed E-state index contributed by atoms with van der Waals surface area (Å²) >= 11 is 1.34. The summed E-state index contributed by atoms with van der Waals surface area (Å²) < 4.78 is 10.9. The van der Waals surface area contributed by atoms with E-state index in [0.717, 1.165) is 32.9 Å². The first-order chi connectivity index (χ1) is 17.4. The van der Waals surface area contributed by atoms with E-state index in [2.05, 4.69) is 16.4 Å². The molecule has 186 valence electrons. The summed E-state index contributed by atoms with van der Waals surface area (Å²) in [6.45, 7) is 4.92. The fourth-order valence-corrected chi connectivity index (χ4v) is 5.52. The van der Waals surface area contributed by atoms with Crippen LogP contribution in [0.5, 0.6) is 5.75 Å². The van der Waals surface area contributed by atoms with E-state index in [0.29, 0.717) is 30.1 Å². The normalized spacial score (nSPS) is 13.3. The molecule has 1 atom stereocenters. The number of aryl methyl sites for hydroxylation is 1. The molecule has 2 aromatic heterocycles. The predicted octanol–water partition coefficient (Wildman–Crippen LogP) is 5.16. The quantitative estimate of drug-likeness (QED) is 0.477. The molecule has 3 aromatic rings. The lowest BCUT2D eigenvalue weighted by Gasteiger charge is -2.26. The number of hydrogen-bond donors (Lipinski definition) is 1. The molecule has 4 rings (SSSR count). The predicted molar refractivity (Wildman–Crippen MR) is 137 cm³/mol. The van der Waals surface area contributed by atoms with Crippen molar-refractivity contribution in [2.24, 2.45) is 0 Å². The SMILES string of the molecule is COc1ccc(C)cc1C(C)CC(=O)Nc1sc2c(c1C#N)CCN(C(=O)OCc1cccnc1)C2. The van der Waals surface area contributed by atoms with Crippen LogP contribution >= 0.6 is 11.3 Å². The summed E-state index contributed by atoms with van der Waals surface area (Å²) in [5.74, 6) is 0.514. The van der Waals surface area contributed by atoms with E-state index in [4.69, 9.17) is 9.47 Å². The molecule has 0 aliphatic carbocycles. The average Bonchev–Trinajstić information content (AvgIpc) is 3.23. The molecular formula is C27H28N4O4S. The summed E-state index contributed by atoms with van der Waals surface area (Å²) in [5, 5.41) is 13.3. The summed E-state index contributed by atoms with van der Waals surface area (Å²) in [7, 11) is 1.62. The number of ether oxygens (including phenoxy) is 2. The second-order valence-corrected chi connectivity index (χ2v) is 9.91. The molecule has 0 saturated heterocycles. The van der Waals surface area contributed by atoms with Crippen LogP contribution in [0, 0.1) is 18.3 Å². The molecule has 0 spiro atoms. The van der Waals surface area contributed by atoms with E-state index < -0.39 is 6.09 Å². The molecule has 36 heavy (non-hydrogen) atoms. The van der Waals surface area contributed by atoms with Crippen LogP contribution < -0.4 is 10.1 Å². The fourth-order valence-electron chi connectivity index (χ4n) is 4.29. The molecule has 1 unspecified atom stereocenters. The van der Waals surface area contributed by atoms with Crippen molar-refractivity contribution in [1.82, 2.24) is 9.88 Å². The number of hydrogen-bond acceptors (Lipinski definition) is 7. The topological polar surface area (TPSA) is 105 Å². The first-order valence-corrected chi connectivity index (χ1v) is 12.5. The zero-order valence-corrected chi connectivity index (χ0v) is 21.4. The summed E-state index contributed by atoms with van der Waals surface area (Å²) in [5.41, 5.74) is 4.25. The van der Waals surface area contributed by atoms with Gasteiger partial charge < -0.3 is 19.7 Å². The average molecular weight is 505 g/mol. The third-order valence-corrected chi connectivity index (χ3v) is 7.30. The summed E-state index contributed by atoms with van der Waals surface area (Å²) in [4.78, 5) is 32.0. The van der Waals surface area contributed by atoms with E-state index in [-0.39, 0.29) is 24.9 Å². The second-order valence-electron chi connectivity index (χ2n) is 8.81. The third kappa shape index (κ3) is 5.66. The highest BCUT2D eigenvalue weighted by molar-refractivity contribution is 7.16. The van der Waals surface area contributed by atoms with Crippen LogP contribution in [0.25, 0.3) is 0 Å². The Morgan fingerprint density at radius 2 is 2.17 bits per heavy atom. The van der Waals surface area contributed by atoms with Crippen molar-refractivity contribution in [3.05, 3.63) is 75.4 Å². The zero-order valence-electron chi connectivity index (χ0n) is 20.5. The maximum Gasteiger partial charge on any atom is 0.410 e. The van der Waals surface area contributed by atoms with Gasteiger partial charge >= 0.3 is 6.09 Å². The number of carbonyl (C=O) groups is 2. The van der Waals surface area contributed by atoms with Gasteiger partial charge in [0, 0.05) is 35.8 Å². The Bertz CT molecular complexity index is 1300. The molecule has 1 aromatic carbocycles. The molecule has 3 heterocycles. The van der Waals surface area contributed by atoms with Crippen molar-refractivity contribution in [3.63, 3.8) is 0 Å². The Morgan fingerprint density at radius 1 is 1.33 bits per heavy atom. The molecule has 0 bridgehead atoms.